The second-order valence-electron chi connectivity index (χ2n) is 9.06. The van der Waals surface area contributed by atoms with Crippen LogP contribution in [0.5, 0.6) is 0 Å². The molecule has 3 aromatic carbocycles. The Morgan fingerprint density at radius 1 is 0.647 bits per heavy atom. The number of hydrogen-bond donors (Lipinski definition) is 0. The number of hydrogen-bond acceptors (Lipinski definition) is 5. The molecule has 5 rings (SSSR count). The van der Waals surface area contributed by atoms with Crippen LogP contribution in [0, 0.1) is 6.92 Å². The highest BCUT2D eigenvalue weighted by molar-refractivity contribution is 5.76. The van der Waals surface area contributed by atoms with Crippen LogP contribution in [0.15, 0.2) is 72.8 Å². The second-order valence-corrected chi connectivity index (χ2v) is 9.06. The van der Waals surface area contributed by atoms with Crippen molar-refractivity contribution in [3.63, 3.8) is 0 Å². The summed E-state index contributed by atoms with van der Waals surface area (Å²) in [5.41, 5.74) is 7.22. The third kappa shape index (κ3) is 6.67. The minimum absolute atomic E-state index is 0.321. The molecule has 178 valence electrons. The van der Waals surface area contributed by atoms with Crippen molar-refractivity contribution in [2.24, 2.45) is 0 Å². The lowest BCUT2D eigenvalue weighted by molar-refractivity contribution is 0.119. The van der Waals surface area contributed by atoms with E-state index in [-0.39, 0.29) is 0 Å². The van der Waals surface area contributed by atoms with E-state index in [0.717, 1.165) is 56.3 Å². The van der Waals surface area contributed by atoms with Gasteiger partial charge in [-0.05, 0) is 67.3 Å². The Hall–Kier alpha value is -2.70. The number of aryl methyl sites for hydroxylation is 1. The van der Waals surface area contributed by atoms with Crippen LogP contribution in [0.2, 0.25) is 0 Å². The highest BCUT2D eigenvalue weighted by Crippen LogP contribution is 2.35. The van der Waals surface area contributed by atoms with Crippen molar-refractivity contribution < 1.29 is 18.9 Å². The first-order chi connectivity index (χ1) is 16.7. The molecule has 2 aliphatic heterocycles. The van der Waals surface area contributed by atoms with Crippen molar-refractivity contribution in [3.8, 4) is 0 Å². The van der Waals surface area contributed by atoms with E-state index in [0.29, 0.717) is 25.4 Å². The Bertz CT molecular complexity index is 962. The van der Waals surface area contributed by atoms with E-state index in [9.17, 15) is 0 Å². The van der Waals surface area contributed by atoms with Gasteiger partial charge in [0.2, 0.25) is 0 Å². The number of rotatable bonds is 13. The van der Waals surface area contributed by atoms with Gasteiger partial charge in [0, 0.05) is 17.1 Å². The molecule has 2 unspecified atom stereocenters. The van der Waals surface area contributed by atoms with Gasteiger partial charge in [-0.2, -0.15) is 0 Å². The van der Waals surface area contributed by atoms with E-state index in [1.54, 1.807) is 0 Å². The zero-order chi connectivity index (χ0) is 23.2. The quantitative estimate of drug-likeness (QED) is 0.254. The molecule has 0 radical (unpaired) electrons. The van der Waals surface area contributed by atoms with Crippen molar-refractivity contribution in [1.29, 1.82) is 0 Å². The van der Waals surface area contributed by atoms with Gasteiger partial charge in [0.1, 0.15) is 12.2 Å². The van der Waals surface area contributed by atoms with Gasteiger partial charge in [0.15, 0.2) is 0 Å². The number of ether oxygens (including phenoxy) is 4. The summed E-state index contributed by atoms with van der Waals surface area (Å²) >= 11 is 0. The number of benzene rings is 3. The second kappa shape index (κ2) is 11.2. The molecule has 0 aliphatic carbocycles. The molecule has 0 saturated carbocycles. The highest BCUT2D eigenvalue weighted by Gasteiger charge is 2.22. The predicted molar refractivity (Wildman–Crippen MR) is 134 cm³/mol. The van der Waals surface area contributed by atoms with Gasteiger partial charge in [-0.15, -0.1) is 0 Å². The van der Waals surface area contributed by atoms with Crippen molar-refractivity contribution >= 4 is 17.1 Å². The summed E-state index contributed by atoms with van der Waals surface area (Å²) in [6.45, 7) is 6.65. The molecule has 34 heavy (non-hydrogen) atoms. The Labute approximate surface area is 202 Å². The normalized spacial score (nSPS) is 18.6. The molecule has 2 fully saturated rings. The van der Waals surface area contributed by atoms with Crippen LogP contribution in [-0.2, 0) is 31.8 Å². The van der Waals surface area contributed by atoms with E-state index in [1.807, 2.05) is 0 Å². The van der Waals surface area contributed by atoms with Crippen LogP contribution in [0.3, 0.4) is 0 Å². The molecular formula is C29H33NO4. The minimum Gasteiger partial charge on any atom is -0.378 e. The molecular weight excluding hydrogens is 426 g/mol. The predicted octanol–water partition coefficient (Wildman–Crippen LogP) is 5.38. The maximum absolute atomic E-state index is 5.70. The summed E-state index contributed by atoms with van der Waals surface area (Å²) < 4.78 is 21.8. The standard InChI is InChI=1S/C29H33NO4/c1-22-2-8-25(9-3-22)30(26-10-4-23(5-11-26)14-16-31-18-28-20-33-28)27-12-6-24(7-13-27)15-17-32-19-29-21-34-29/h2-13,28-29H,14-21H2,1H3. The lowest BCUT2D eigenvalue weighted by atomic mass is 10.1. The lowest BCUT2D eigenvalue weighted by Crippen LogP contribution is -2.10. The van der Waals surface area contributed by atoms with Crippen molar-refractivity contribution in [2.75, 3.05) is 44.5 Å². The summed E-state index contributed by atoms with van der Waals surface area (Å²) in [6.07, 6.45) is 2.45. The zero-order valence-electron chi connectivity index (χ0n) is 19.8. The number of nitrogens with zero attached hydrogens (tertiary/aromatic N) is 1. The first kappa shape index (κ1) is 23.1. The summed E-state index contributed by atoms with van der Waals surface area (Å²) in [5, 5.41) is 0. The maximum atomic E-state index is 5.70. The first-order valence-corrected chi connectivity index (χ1v) is 12.2. The van der Waals surface area contributed by atoms with Gasteiger partial charge in [-0.3, -0.25) is 0 Å². The monoisotopic (exact) mass is 459 g/mol. The Morgan fingerprint density at radius 3 is 1.41 bits per heavy atom. The van der Waals surface area contributed by atoms with Gasteiger partial charge in [0.25, 0.3) is 0 Å². The van der Waals surface area contributed by atoms with Gasteiger partial charge in [-0.25, -0.2) is 0 Å². The summed E-state index contributed by atoms with van der Waals surface area (Å²) in [4.78, 5) is 2.30. The molecule has 3 aromatic rings. The molecule has 0 spiro atoms. The van der Waals surface area contributed by atoms with Crippen LogP contribution >= 0.6 is 0 Å². The average Bonchev–Trinajstić information content (AvgIpc) is 3.79. The molecule has 0 aromatic heterocycles. The van der Waals surface area contributed by atoms with Gasteiger partial charge in [-0.1, -0.05) is 42.0 Å². The topological polar surface area (TPSA) is 46.8 Å². The molecule has 2 aliphatic rings. The van der Waals surface area contributed by atoms with Gasteiger partial charge in [0.05, 0.1) is 39.6 Å². The van der Waals surface area contributed by atoms with Crippen LogP contribution < -0.4 is 4.90 Å². The fraction of sp³-hybridized carbons (Fsp3) is 0.379. The van der Waals surface area contributed by atoms with Gasteiger partial charge < -0.3 is 23.8 Å². The smallest absolute Gasteiger partial charge is 0.104 e. The van der Waals surface area contributed by atoms with Gasteiger partial charge >= 0.3 is 0 Å². The SMILES string of the molecule is Cc1ccc(N(c2ccc(CCOCC3CO3)cc2)c2ccc(CCOCC3CO3)cc2)cc1. The van der Waals surface area contributed by atoms with E-state index in [1.165, 1.54) is 16.7 Å². The largest absolute Gasteiger partial charge is 0.378 e. The molecule has 5 nitrogen and oxygen atoms in total. The van der Waals surface area contributed by atoms with Crippen LogP contribution in [-0.4, -0.2) is 51.8 Å². The van der Waals surface area contributed by atoms with E-state index in [4.69, 9.17) is 18.9 Å². The van der Waals surface area contributed by atoms with E-state index >= 15 is 0 Å². The third-order valence-electron chi connectivity index (χ3n) is 6.16. The highest BCUT2D eigenvalue weighted by atomic mass is 16.6. The average molecular weight is 460 g/mol. The van der Waals surface area contributed by atoms with E-state index in [2.05, 4.69) is 84.6 Å². The molecule has 2 atom stereocenters. The van der Waals surface area contributed by atoms with Crippen molar-refractivity contribution in [3.05, 3.63) is 89.5 Å². The third-order valence-corrected chi connectivity index (χ3v) is 6.16. The van der Waals surface area contributed by atoms with Crippen molar-refractivity contribution in [1.82, 2.24) is 0 Å². The first-order valence-electron chi connectivity index (χ1n) is 12.2. The number of epoxide rings is 2. The molecule has 2 heterocycles. The fourth-order valence-corrected chi connectivity index (χ4v) is 3.90. The Balaban J connectivity index is 1.26. The molecule has 5 heteroatoms. The van der Waals surface area contributed by atoms with Crippen LogP contribution in [0.1, 0.15) is 16.7 Å². The van der Waals surface area contributed by atoms with E-state index < -0.39 is 0 Å². The van der Waals surface area contributed by atoms with Crippen LogP contribution in [0.4, 0.5) is 17.1 Å². The number of anilines is 3. The summed E-state index contributed by atoms with van der Waals surface area (Å²) in [7, 11) is 0. The minimum atomic E-state index is 0.321. The summed E-state index contributed by atoms with van der Waals surface area (Å²) in [6, 6.07) is 26.2. The fourth-order valence-electron chi connectivity index (χ4n) is 3.90. The Kier molecular flexibility index (Phi) is 7.56. The molecule has 0 amide bonds. The molecule has 0 N–H and O–H groups in total. The molecule has 0 bridgehead atoms. The van der Waals surface area contributed by atoms with Crippen molar-refractivity contribution in [2.45, 2.75) is 32.0 Å². The lowest BCUT2D eigenvalue weighted by Gasteiger charge is -2.26. The van der Waals surface area contributed by atoms with Crippen LogP contribution in [0.25, 0.3) is 0 Å². The zero-order valence-corrected chi connectivity index (χ0v) is 19.8. The maximum Gasteiger partial charge on any atom is 0.104 e. The Morgan fingerprint density at radius 2 is 1.03 bits per heavy atom. The summed E-state index contributed by atoms with van der Waals surface area (Å²) in [5.74, 6) is 0. The molecule has 2 saturated heterocycles.